The second kappa shape index (κ2) is 7.86. The highest BCUT2D eigenvalue weighted by molar-refractivity contribution is 8.00. The van der Waals surface area contributed by atoms with E-state index in [1.54, 1.807) is 11.8 Å². The van der Waals surface area contributed by atoms with Gasteiger partial charge in [-0.3, -0.25) is 4.79 Å². The number of nitrogens with one attached hydrogen (secondary N) is 1. The maximum absolute atomic E-state index is 12.3. The van der Waals surface area contributed by atoms with Crippen LogP contribution in [0, 0.1) is 0 Å². The number of carbonyl (C=O) groups is 1. The number of carbonyl (C=O) groups excluding carboxylic acids is 1. The maximum Gasteiger partial charge on any atom is 0.233 e. The van der Waals surface area contributed by atoms with E-state index < -0.39 is 0 Å². The highest BCUT2D eigenvalue weighted by atomic mass is 35.5. The third-order valence-corrected chi connectivity index (χ3v) is 4.88. The molecule has 0 saturated carbocycles. The van der Waals surface area contributed by atoms with Crippen molar-refractivity contribution in [3.63, 3.8) is 0 Å². The van der Waals surface area contributed by atoms with Gasteiger partial charge in [-0.2, -0.15) is 0 Å². The van der Waals surface area contributed by atoms with Gasteiger partial charge in [-0.15, -0.1) is 24.2 Å². The van der Waals surface area contributed by atoms with Crippen molar-refractivity contribution in [1.82, 2.24) is 10.2 Å². The van der Waals surface area contributed by atoms with Crippen LogP contribution < -0.4 is 5.32 Å². The zero-order valence-corrected chi connectivity index (χ0v) is 14.3. The van der Waals surface area contributed by atoms with Crippen LogP contribution in [-0.4, -0.2) is 42.2 Å². The van der Waals surface area contributed by atoms with Crippen molar-refractivity contribution in [2.45, 2.75) is 17.9 Å². The Morgan fingerprint density at radius 3 is 2.82 bits per heavy atom. The number of fused-ring (bicyclic) bond motifs is 1. The van der Waals surface area contributed by atoms with Crippen molar-refractivity contribution in [3.8, 4) is 0 Å². The summed E-state index contributed by atoms with van der Waals surface area (Å²) in [5, 5.41) is 5.78. The summed E-state index contributed by atoms with van der Waals surface area (Å²) in [6.07, 6.45) is 0. The van der Waals surface area contributed by atoms with Gasteiger partial charge in [0.15, 0.2) is 0 Å². The van der Waals surface area contributed by atoms with E-state index in [0.717, 1.165) is 24.5 Å². The Bertz CT molecular complexity index is 649. The summed E-state index contributed by atoms with van der Waals surface area (Å²) in [6.45, 7) is 4.71. The van der Waals surface area contributed by atoms with Gasteiger partial charge in [-0.25, -0.2) is 0 Å². The number of rotatable bonds is 3. The molecule has 1 amide bonds. The van der Waals surface area contributed by atoms with Crippen LogP contribution in [0.25, 0.3) is 10.8 Å². The van der Waals surface area contributed by atoms with Crippen molar-refractivity contribution in [3.05, 3.63) is 42.5 Å². The van der Waals surface area contributed by atoms with E-state index in [1.165, 1.54) is 10.8 Å². The molecule has 22 heavy (non-hydrogen) atoms. The highest BCUT2D eigenvalue weighted by Crippen LogP contribution is 2.24. The summed E-state index contributed by atoms with van der Waals surface area (Å²) in [5.74, 6) is 0.755. The molecule has 3 nitrogen and oxygen atoms in total. The standard InChI is InChI=1S/C17H20N2OS.ClH/c1-13-11-18-8-9-19(13)17(20)12-21-16-7-6-14-4-2-3-5-15(14)10-16;/h2-7,10,13,18H,8-9,11-12H2,1H3;1H/t13-;/m1./s1. The van der Waals surface area contributed by atoms with Gasteiger partial charge in [-0.1, -0.05) is 30.3 Å². The van der Waals surface area contributed by atoms with Crippen LogP contribution in [0.3, 0.4) is 0 Å². The average Bonchev–Trinajstić information content (AvgIpc) is 2.53. The maximum atomic E-state index is 12.3. The van der Waals surface area contributed by atoms with E-state index >= 15 is 0 Å². The number of nitrogens with zero attached hydrogens (tertiary/aromatic N) is 1. The Morgan fingerprint density at radius 2 is 2.05 bits per heavy atom. The Balaban J connectivity index is 0.00000176. The largest absolute Gasteiger partial charge is 0.337 e. The Morgan fingerprint density at radius 1 is 1.27 bits per heavy atom. The first-order valence-electron chi connectivity index (χ1n) is 7.36. The Hall–Kier alpha value is -1.23. The predicted molar refractivity (Wildman–Crippen MR) is 96.0 cm³/mol. The van der Waals surface area contributed by atoms with Gasteiger partial charge in [0.2, 0.25) is 5.91 Å². The summed E-state index contributed by atoms with van der Waals surface area (Å²) >= 11 is 1.63. The normalized spacial score (nSPS) is 18.0. The van der Waals surface area contributed by atoms with Crippen LogP contribution in [-0.2, 0) is 4.79 Å². The lowest BCUT2D eigenvalue weighted by molar-refractivity contribution is -0.131. The molecular weight excluding hydrogens is 316 g/mol. The van der Waals surface area contributed by atoms with Crippen molar-refractivity contribution >= 4 is 40.8 Å². The summed E-state index contributed by atoms with van der Waals surface area (Å²) < 4.78 is 0. The lowest BCUT2D eigenvalue weighted by Gasteiger charge is -2.33. The molecule has 5 heteroatoms. The molecule has 1 fully saturated rings. The summed E-state index contributed by atoms with van der Waals surface area (Å²) in [4.78, 5) is 15.5. The molecule has 0 radical (unpaired) electrons. The molecule has 3 rings (SSSR count). The molecule has 1 aliphatic rings. The minimum Gasteiger partial charge on any atom is -0.337 e. The minimum atomic E-state index is 0. The lowest BCUT2D eigenvalue weighted by atomic mass is 10.1. The SMILES string of the molecule is C[C@@H]1CNCCN1C(=O)CSc1ccc2ccccc2c1.Cl. The quantitative estimate of drug-likeness (QED) is 0.874. The van der Waals surface area contributed by atoms with Gasteiger partial charge in [0, 0.05) is 30.6 Å². The molecule has 0 unspecified atom stereocenters. The summed E-state index contributed by atoms with van der Waals surface area (Å²) in [6, 6.07) is 15.0. The van der Waals surface area contributed by atoms with Crippen molar-refractivity contribution in [2.75, 3.05) is 25.4 Å². The topological polar surface area (TPSA) is 32.3 Å². The second-order valence-electron chi connectivity index (χ2n) is 5.44. The molecule has 0 spiro atoms. The molecule has 2 aromatic rings. The van der Waals surface area contributed by atoms with E-state index in [9.17, 15) is 4.79 Å². The molecule has 2 aromatic carbocycles. The fraction of sp³-hybridized carbons (Fsp3) is 0.353. The summed E-state index contributed by atoms with van der Waals surface area (Å²) in [7, 11) is 0. The molecule has 1 aliphatic heterocycles. The molecular formula is C17H21ClN2OS. The van der Waals surface area contributed by atoms with Crippen LogP contribution >= 0.6 is 24.2 Å². The summed E-state index contributed by atoms with van der Waals surface area (Å²) in [5.41, 5.74) is 0. The van der Waals surface area contributed by atoms with Gasteiger partial charge >= 0.3 is 0 Å². The fourth-order valence-corrected chi connectivity index (χ4v) is 3.53. The van der Waals surface area contributed by atoms with E-state index in [2.05, 4.69) is 42.6 Å². The Labute approximate surface area is 141 Å². The number of hydrogen-bond acceptors (Lipinski definition) is 3. The van der Waals surface area contributed by atoms with Crippen molar-refractivity contribution in [1.29, 1.82) is 0 Å². The zero-order valence-electron chi connectivity index (χ0n) is 12.6. The number of thioether (sulfide) groups is 1. The van der Waals surface area contributed by atoms with Gasteiger partial charge in [0.1, 0.15) is 0 Å². The smallest absolute Gasteiger partial charge is 0.233 e. The second-order valence-corrected chi connectivity index (χ2v) is 6.49. The number of hydrogen-bond donors (Lipinski definition) is 1. The molecule has 1 atom stereocenters. The molecule has 1 saturated heterocycles. The monoisotopic (exact) mass is 336 g/mol. The van der Waals surface area contributed by atoms with Crippen LogP contribution in [0.15, 0.2) is 47.4 Å². The Kier molecular flexibility index (Phi) is 6.12. The van der Waals surface area contributed by atoms with Gasteiger partial charge in [0.25, 0.3) is 0 Å². The molecule has 0 aromatic heterocycles. The van der Waals surface area contributed by atoms with E-state index in [-0.39, 0.29) is 18.3 Å². The molecule has 0 bridgehead atoms. The third-order valence-electron chi connectivity index (χ3n) is 3.90. The van der Waals surface area contributed by atoms with E-state index in [4.69, 9.17) is 0 Å². The van der Waals surface area contributed by atoms with Crippen LogP contribution in [0.4, 0.5) is 0 Å². The fourth-order valence-electron chi connectivity index (χ4n) is 2.70. The molecule has 118 valence electrons. The zero-order chi connectivity index (χ0) is 14.7. The number of amides is 1. The molecule has 1 N–H and O–H groups in total. The first kappa shape index (κ1) is 17.1. The number of halogens is 1. The average molecular weight is 337 g/mol. The molecule has 1 heterocycles. The first-order valence-corrected chi connectivity index (χ1v) is 8.34. The molecule has 0 aliphatic carbocycles. The van der Waals surface area contributed by atoms with Gasteiger partial charge in [-0.05, 0) is 29.8 Å². The van der Waals surface area contributed by atoms with Crippen LogP contribution in [0.1, 0.15) is 6.92 Å². The number of piperazine rings is 1. The van der Waals surface area contributed by atoms with E-state index in [1.807, 2.05) is 17.0 Å². The van der Waals surface area contributed by atoms with Gasteiger partial charge < -0.3 is 10.2 Å². The van der Waals surface area contributed by atoms with E-state index in [0.29, 0.717) is 11.8 Å². The van der Waals surface area contributed by atoms with Gasteiger partial charge in [0.05, 0.1) is 5.75 Å². The van der Waals surface area contributed by atoms with Crippen LogP contribution in [0.5, 0.6) is 0 Å². The minimum absolute atomic E-state index is 0. The highest BCUT2D eigenvalue weighted by Gasteiger charge is 2.22. The first-order chi connectivity index (χ1) is 10.2. The number of benzene rings is 2. The van der Waals surface area contributed by atoms with Crippen LogP contribution in [0.2, 0.25) is 0 Å². The van der Waals surface area contributed by atoms with Crippen molar-refractivity contribution in [2.24, 2.45) is 0 Å². The predicted octanol–water partition coefficient (Wildman–Crippen LogP) is 3.17. The third kappa shape index (κ3) is 3.94. The lowest BCUT2D eigenvalue weighted by Crippen LogP contribution is -2.52. The van der Waals surface area contributed by atoms with Crippen molar-refractivity contribution < 1.29 is 4.79 Å².